The van der Waals surface area contributed by atoms with E-state index < -0.39 is 23.5 Å². The Bertz CT molecular complexity index is 1200. The lowest BCUT2D eigenvalue weighted by atomic mass is 9.95. The van der Waals surface area contributed by atoms with Gasteiger partial charge in [-0.15, -0.1) is 0 Å². The van der Waals surface area contributed by atoms with Gasteiger partial charge in [-0.2, -0.15) is 0 Å². The van der Waals surface area contributed by atoms with Crippen molar-refractivity contribution in [1.29, 1.82) is 0 Å². The molecule has 4 nitrogen and oxygen atoms in total. The van der Waals surface area contributed by atoms with E-state index in [-0.39, 0.29) is 11.3 Å². The van der Waals surface area contributed by atoms with Crippen molar-refractivity contribution in [3.63, 3.8) is 0 Å². The Hall–Kier alpha value is -3.44. The van der Waals surface area contributed by atoms with E-state index in [4.69, 9.17) is 11.6 Å². The Labute approximate surface area is 184 Å². The van der Waals surface area contributed by atoms with Crippen LogP contribution in [0.5, 0.6) is 0 Å². The lowest BCUT2D eigenvalue weighted by molar-refractivity contribution is -0.132. The Balaban J connectivity index is 1.95. The summed E-state index contributed by atoms with van der Waals surface area (Å²) in [5, 5.41) is 11.5. The van der Waals surface area contributed by atoms with Crippen LogP contribution in [0.2, 0.25) is 5.02 Å². The second-order valence-electron chi connectivity index (χ2n) is 7.25. The quantitative estimate of drug-likeness (QED) is 0.326. The topological polar surface area (TPSA) is 57.6 Å². The zero-order valence-corrected chi connectivity index (χ0v) is 17.4. The summed E-state index contributed by atoms with van der Waals surface area (Å²) < 4.78 is 14.1. The molecule has 156 valence electrons. The van der Waals surface area contributed by atoms with Gasteiger partial charge in [-0.25, -0.2) is 4.39 Å². The van der Waals surface area contributed by atoms with Crippen LogP contribution in [-0.4, -0.2) is 16.8 Å². The van der Waals surface area contributed by atoms with Crippen LogP contribution >= 0.6 is 11.6 Å². The maximum atomic E-state index is 14.1. The fourth-order valence-corrected chi connectivity index (χ4v) is 3.91. The van der Waals surface area contributed by atoms with Gasteiger partial charge in [-0.05, 0) is 66.1 Å². The lowest BCUT2D eigenvalue weighted by Gasteiger charge is -2.26. The molecule has 3 aromatic rings. The van der Waals surface area contributed by atoms with Gasteiger partial charge in [0.1, 0.15) is 11.6 Å². The third-order valence-electron chi connectivity index (χ3n) is 5.32. The number of nitrogens with zero attached hydrogens (tertiary/aromatic N) is 1. The molecule has 1 N–H and O–H groups in total. The van der Waals surface area contributed by atoms with Gasteiger partial charge in [-0.1, -0.05) is 42.8 Å². The highest BCUT2D eigenvalue weighted by Crippen LogP contribution is 2.42. The first-order valence-electron chi connectivity index (χ1n) is 9.82. The minimum Gasteiger partial charge on any atom is -0.507 e. The number of halogens is 2. The van der Waals surface area contributed by atoms with E-state index in [1.807, 2.05) is 19.1 Å². The molecule has 1 aliphatic rings. The molecule has 0 bridgehead atoms. The number of aliphatic hydroxyl groups excluding tert-OH is 1. The average Bonchev–Trinajstić information content (AvgIpc) is 3.04. The Morgan fingerprint density at radius 2 is 1.74 bits per heavy atom. The number of benzene rings is 3. The number of Topliss-reactive ketones (excluding diaryl/α,β-unsaturated/α-hetero) is 1. The monoisotopic (exact) mass is 435 g/mol. The van der Waals surface area contributed by atoms with Crippen molar-refractivity contribution in [3.05, 3.63) is 106 Å². The maximum Gasteiger partial charge on any atom is 0.300 e. The van der Waals surface area contributed by atoms with Crippen LogP contribution in [0.3, 0.4) is 0 Å². The fraction of sp³-hybridized carbons (Fsp3) is 0.120. The SMILES string of the molecule is CCc1cccc(N2C(=O)C(=O)/C(=C(/O)c3ccc(Cl)cc3)C2c2cccc(F)c2)c1. The summed E-state index contributed by atoms with van der Waals surface area (Å²) in [6.07, 6.45) is 0.743. The first-order chi connectivity index (χ1) is 14.9. The van der Waals surface area contributed by atoms with Crippen molar-refractivity contribution in [2.24, 2.45) is 0 Å². The third-order valence-corrected chi connectivity index (χ3v) is 5.58. The Morgan fingerprint density at radius 3 is 2.42 bits per heavy atom. The summed E-state index contributed by atoms with van der Waals surface area (Å²) in [7, 11) is 0. The standard InChI is InChI=1S/C25H19ClFNO3/c1-2-15-5-3-8-20(13-15)28-22(17-6-4-7-19(27)14-17)21(24(30)25(28)31)23(29)16-9-11-18(26)12-10-16/h3-14,22,29H,2H2,1H3/b23-21+. The molecule has 1 fully saturated rings. The fourth-order valence-electron chi connectivity index (χ4n) is 3.78. The predicted molar refractivity (Wildman–Crippen MR) is 118 cm³/mol. The van der Waals surface area contributed by atoms with Gasteiger partial charge in [0.05, 0.1) is 11.6 Å². The van der Waals surface area contributed by atoms with E-state index in [1.54, 1.807) is 42.5 Å². The lowest BCUT2D eigenvalue weighted by Crippen LogP contribution is -2.29. The molecule has 0 aromatic heterocycles. The normalized spacial score (nSPS) is 17.9. The van der Waals surface area contributed by atoms with Crippen molar-refractivity contribution >= 4 is 34.7 Å². The molecule has 6 heteroatoms. The molecule has 1 saturated heterocycles. The highest BCUT2D eigenvalue weighted by atomic mass is 35.5. The zero-order chi connectivity index (χ0) is 22.1. The van der Waals surface area contributed by atoms with Gasteiger partial charge in [0.25, 0.3) is 11.7 Å². The van der Waals surface area contributed by atoms with E-state index in [2.05, 4.69) is 0 Å². The van der Waals surface area contributed by atoms with E-state index in [1.165, 1.54) is 23.1 Å². The van der Waals surface area contributed by atoms with Crippen molar-refractivity contribution in [2.75, 3.05) is 4.90 Å². The number of anilines is 1. The summed E-state index contributed by atoms with van der Waals surface area (Å²) in [6, 6.07) is 18.3. The summed E-state index contributed by atoms with van der Waals surface area (Å²) in [5.41, 5.74) is 2.11. The Morgan fingerprint density at radius 1 is 1.03 bits per heavy atom. The minimum atomic E-state index is -0.974. The molecule has 3 aromatic carbocycles. The maximum absolute atomic E-state index is 14.1. The molecule has 0 spiro atoms. The molecule has 0 aliphatic carbocycles. The molecule has 0 saturated carbocycles. The smallest absolute Gasteiger partial charge is 0.300 e. The number of aliphatic hydroxyl groups is 1. The Kier molecular flexibility index (Phi) is 5.61. The van der Waals surface area contributed by atoms with Crippen molar-refractivity contribution < 1.29 is 19.1 Å². The molecule has 4 rings (SSSR count). The number of carbonyl (C=O) groups is 2. The predicted octanol–water partition coefficient (Wildman–Crippen LogP) is 5.67. The van der Waals surface area contributed by atoms with Crippen LogP contribution in [-0.2, 0) is 16.0 Å². The second kappa shape index (κ2) is 8.36. The number of rotatable bonds is 4. The van der Waals surface area contributed by atoms with Gasteiger partial charge in [0.2, 0.25) is 0 Å². The minimum absolute atomic E-state index is 0.0974. The number of ketones is 1. The number of hydrogen-bond acceptors (Lipinski definition) is 3. The zero-order valence-electron chi connectivity index (χ0n) is 16.7. The number of hydrogen-bond donors (Lipinski definition) is 1. The van der Waals surface area contributed by atoms with E-state index in [9.17, 15) is 19.1 Å². The van der Waals surface area contributed by atoms with Crippen molar-refractivity contribution in [3.8, 4) is 0 Å². The molecule has 0 radical (unpaired) electrons. The van der Waals surface area contributed by atoms with Crippen molar-refractivity contribution in [2.45, 2.75) is 19.4 Å². The van der Waals surface area contributed by atoms with Gasteiger partial charge < -0.3 is 5.11 Å². The molecular weight excluding hydrogens is 417 g/mol. The van der Waals surface area contributed by atoms with Gasteiger partial charge >= 0.3 is 0 Å². The van der Waals surface area contributed by atoms with Crippen LogP contribution in [0, 0.1) is 5.82 Å². The molecule has 1 unspecified atom stereocenters. The molecule has 31 heavy (non-hydrogen) atoms. The second-order valence-corrected chi connectivity index (χ2v) is 7.69. The van der Waals surface area contributed by atoms with Gasteiger partial charge in [0.15, 0.2) is 0 Å². The van der Waals surface area contributed by atoms with Gasteiger partial charge in [0, 0.05) is 16.3 Å². The molecule has 1 aliphatic heterocycles. The molecular formula is C25H19ClFNO3. The van der Waals surface area contributed by atoms with Crippen LogP contribution < -0.4 is 4.90 Å². The first-order valence-corrected chi connectivity index (χ1v) is 10.2. The van der Waals surface area contributed by atoms with Crippen molar-refractivity contribution in [1.82, 2.24) is 0 Å². The summed E-state index contributed by atoms with van der Waals surface area (Å²) in [4.78, 5) is 27.5. The highest BCUT2D eigenvalue weighted by Gasteiger charge is 2.47. The number of carbonyl (C=O) groups excluding carboxylic acids is 2. The highest BCUT2D eigenvalue weighted by molar-refractivity contribution is 6.51. The van der Waals surface area contributed by atoms with E-state index in [0.29, 0.717) is 21.8 Å². The molecule has 1 amide bonds. The average molecular weight is 436 g/mol. The van der Waals surface area contributed by atoms with Crippen LogP contribution in [0.4, 0.5) is 10.1 Å². The third kappa shape index (κ3) is 3.84. The van der Waals surface area contributed by atoms with E-state index in [0.717, 1.165) is 12.0 Å². The van der Waals surface area contributed by atoms with Crippen LogP contribution in [0.1, 0.15) is 29.7 Å². The summed E-state index contributed by atoms with van der Waals surface area (Å²) in [5.74, 6) is -2.45. The molecule has 1 atom stereocenters. The van der Waals surface area contributed by atoms with E-state index >= 15 is 0 Å². The number of amides is 1. The molecule has 1 heterocycles. The largest absolute Gasteiger partial charge is 0.507 e. The number of aryl methyl sites for hydroxylation is 1. The van der Waals surface area contributed by atoms with Crippen LogP contribution in [0.25, 0.3) is 5.76 Å². The summed E-state index contributed by atoms with van der Waals surface area (Å²) >= 11 is 5.93. The first kappa shape index (κ1) is 20.8. The summed E-state index contributed by atoms with van der Waals surface area (Å²) in [6.45, 7) is 1.98. The van der Waals surface area contributed by atoms with Crippen LogP contribution in [0.15, 0.2) is 78.4 Å². The van der Waals surface area contributed by atoms with Gasteiger partial charge in [-0.3, -0.25) is 14.5 Å².